The van der Waals surface area contributed by atoms with E-state index in [1.54, 1.807) is 12.1 Å². The fourth-order valence-electron chi connectivity index (χ4n) is 3.14. The molecule has 0 bridgehead atoms. The molecule has 1 amide bonds. The van der Waals surface area contributed by atoms with Crippen LogP contribution in [0.25, 0.3) is 0 Å². The van der Waals surface area contributed by atoms with Gasteiger partial charge in [0.15, 0.2) is 5.78 Å². The fourth-order valence-corrected chi connectivity index (χ4v) is 3.44. The summed E-state index contributed by atoms with van der Waals surface area (Å²) < 4.78 is 0. The molecule has 1 atom stereocenters. The van der Waals surface area contributed by atoms with Crippen molar-refractivity contribution in [3.63, 3.8) is 0 Å². The topological polar surface area (TPSA) is 57.6 Å². The molecule has 22 heavy (non-hydrogen) atoms. The van der Waals surface area contributed by atoms with Crippen LogP contribution in [0.4, 0.5) is 4.79 Å². The van der Waals surface area contributed by atoms with Crippen LogP contribution in [0.5, 0.6) is 0 Å². The maximum absolute atomic E-state index is 13.0. The van der Waals surface area contributed by atoms with Crippen molar-refractivity contribution in [2.24, 2.45) is 0 Å². The van der Waals surface area contributed by atoms with E-state index in [1.165, 1.54) is 11.0 Å². The minimum absolute atomic E-state index is 0.181. The van der Waals surface area contributed by atoms with Crippen molar-refractivity contribution in [1.29, 1.82) is 0 Å². The van der Waals surface area contributed by atoms with Crippen LogP contribution < -0.4 is 0 Å². The Morgan fingerprint density at radius 1 is 1.32 bits per heavy atom. The van der Waals surface area contributed by atoms with Crippen LogP contribution in [0.2, 0.25) is 10.0 Å². The van der Waals surface area contributed by atoms with E-state index in [4.69, 9.17) is 23.2 Å². The smallest absolute Gasteiger partial charge is 0.408 e. The number of benzene rings is 1. The first-order chi connectivity index (χ1) is 10.4. The second-order valence-corrected chi connectivity index (χ2v) is 6.45. The average molecular weight is 344 g/mol. The molecule has 0 aliphatic carbocycles. The molecule has 1 fully saturated rings. The number of nitrogens with zero attached hydrogens (tertiary/aromatic N) is 1. The van der Waals surface area contributed by atoms with Gasteiger partial charge >= 0.3 is 6.09 Å². The molecule has 4 nitrogen and oxygen atoms in total. The van der Waals surface area contributed by atoms with Gasteiger partial charge < -0.3 is 5.11 Å². The van der Waals surface area contributed by atoms with Crippen LogP contribution in [0.3, 0.4) is 0 Å². The molecule has 1 heterocycles. The zero-order valence-electron chi connectivity index (χ0n) is 12.4. The number of unbranched alkanes of at least 4 members (excludes halogenated alkanes) is 1. The Labute approximate surface area is 140 Å². The predicted molar refractivity (Wildman–Crippen MR) is 87.0 cm³/mol. The van der Waals surface area contributed by atoms with Crippen LogP contribution in [0.15, 0.2) is 18.2 Å². The highest BCUT2D eigenvalue weighted by atomic mass is 35.5. The van der Waals surface area contributed by atoms with E-state index in [0.717, 1.165) is 12.8 Å². The highest BCUT2D eigenvalue weighted by Crippen LogP contribution is 2.38. The van der Waals surface area contributed by atoms with Gasteiger partial charge in [-0.3, -0.25) is 9.69 Å². The van der Waals surface area contributed by atoms with Crippen LogP contribution in [0.1, 0.15) is 49.4 Å². The van der Waals surface area contributed by atoms with Gasteiger partial charge in [-0.1, -0.05) is 43.0 Å². The normalized spacial score (nSPS) is 21.1. The second kappa shape index (κ2) is 6.88. The maximum atomic E-state index is 13.0. The number of hydrogen-bond acceptors (Lipinski definition) is 2. The molecule has 1 aromatic carbocycles. The predicted octanol–water partition coefficient (Wildman–Crippen LogP) is 4.88. The number of Topliss-reactive ketones (excluding diaryl/α,β-unsaturated/α-hetero) is 1. The maximum Gasteiger partial charge on any atom is 0.408 e. The Balaban J connectivity index is 2.42. The van der Waals surface area contributed by atoms with Crippen molar-refractivity contribution in [1.82, 2.24) is 4.90 Å². The van der Waals surface area contributed by atoms with E-state index in [2.05, 4.69) is 0 Å². The Kier molecular flexibility index (Phi) is 5.35. The van der Waals surface area contributed by atoms with Crippen molar-refractivity contribution in [3.8, 4) is 0 Å². The van der Waals surface area contributed by atoms with E-state index >= 15 is 0 Å². The monoisotopic (exact) mass is 343 g/mol. The summed E-state index contributed by atoms with van der Waals surface area (Å²) in [7, 11) is 0. The third-order valence-corrected chi connectivity index (χ3v) is 5.01. The number of carbonyl (C=O) groups excluding carboxylic acids is 1. The number of hydrogen-bond donors (Lipinski definition) is 1. The molecule has 0 saturated carbocycles. The molecule has 1 unspecified atom stereocenters. The minimum atomic E-state index is -1.04. The highest BCUT2D eigenvalue weighted by molar-refractivity contribution is 6.42. The third kappa shape index (κ3) is 3.08. The Morgan fingerprint density at radius 3 is 2.64 bits per heavy atom. The lowest BCUT2D eigenvalue weighted by Gasteiger charge is -2.35. The first-order valence-electron chi connectivity index (χ1n) is 7.43. The highest BCUT2D eigenvalue weighted by Gasteiger charge is 2.49. The number of rotatable bonds is 5. The Bertz CT molecular complexity index is 591. The Morgan fingerprint density at radius 2 is 2.05 bits per heavy atom. The Hall–Kier alpha value is -1.26. The molecule has 1 aromatic rings. The number of carbonyl (C=O) groups is 2. The molecule has 1 aliphatic heterocycles. The number of amides is 1. The molecule has 1 N–H and O–H groups in total. The molecular weight excluding hydrogens is 325 g/mol. The molecular formula is C16H19Cl2NO3. The largest absolute Gasteiger partial charge is 0.465 e. The summed E-state index contributed by atoms with van der Waals surface area (Å²) in [6, 6.07) is 4.71. The quantitative estimate of drug-likeness (QED) is 0.775. The van der Waals surface area contributed by atoms with Crippen LogP contribution >= 0.6 is 23.2 Å². The molecule has 1 saturated heterocycles. The molecule has 2 rings (SSSR count). The summed E-state index contributed by atoms with van der Waals surface area (Å²) in [6.07, 6.45) is 2.46. The molecule has 120 valence electrons. The average Bonchev–Trinajstić information content (AvgIpc) is 2.92. The summed E-state index contributed by atoms with van der Waals surface area (Å²) in [6.45, 7) is 2.42. The van der Waals surface area contributed by atoms with Gasteiger partial charge in [0.1, 0.15) is 5.54 Å². The van der Waals surface area contributed by atoms with E-state index in [1.807, 2.05) is 6.92 Å². The first-order valence-corrected chi connectivity index (χ1v) is 8.18. The van der Waals surface area contributed by atoms with Gasteiger partial charge in [-0.15, -0.1) is 0 Å². The molecule has 6 heteroatoms. The van der Waals surface area contributed by atoms with Crippen LogP contribution in [-0.2, 0) is 0 Å². The summed E-state index contributed by atoms with van der Waals surface area (Å²) >= 11 is 11.9. The minimum Gasteiger partial charge on any atom is -0.465 e. The van der Waals surface area contributed by atoms with Gasteiger partial charge in [-0.2, -0.15) is 0 Å². The fraction of sp³-hybridized carbons (Fsp3) is 0.500. The number of ketones is 1. The third-order valence-electron chi connectivity index (χ3n) is 4.27. The standard InChI is InChI=1S/C16H19Cl2NO3/c1-2-3-7-16(8-4-9-19(16)15(21)22)14(20)11-5-6-12(17)13(18)10-11/h5-6,10H,2-4,7-9H2,1H3,(H,21,22). The van der Waals surface area contributed by atoms with Crippen LogP contribution in [0, 0.1) is 0 Å². The van der Waals surface area contributed by atoms with Gasteiger partial charge in [-0.25, -0.2) is 4.79 Å². The lowest BCUT2D eigenvalue weighted by atomic mass is 9.82. The number of carboxylic acid groups (broad SMARTS) is 1. The van der Waals surface area contributed by atoms with E-state index < -0.39 is 11.6 Å². The molecule has 1 aliphatic rings. The molecule has 0 aromatic heterocycles. The summed E-state index contributed by atoms with van der Waals surface area (Å²) in [5.41, 5.74) is -0.558. The zero-order chi connectivity index (χ0) is 16.3. The molecule has 0 spiro atoms. The first kappa shape index (κ1) is 17.1. The van der Waals surface area contributed by atoms with Gasteiger partial charge in [0.25, 0.3) is 0 Å². The summed E-state index contributed by atoms with van der Waals surface area (Å²) in [5, 5.41) is 10.2. The lowest BCUT2D eigenvalue weighted by Crippen LogP contribution is -2.52. The van der Waals surface area contributed by atoms with E-state index in [0.29, 0.717) is 41.4 Å². The van der Waals surface area contributed by atoms with Crippen molar-refractivity contribution in [3.05, 3.63) is 33.8 Å². The van der Waals surface area contributed by atoms with Gasteiger partial charge in [0, 0.05) is 12.1 Å². The van der Waals surface area contributed by atoms with E-state index in [9.17, 15) is 14.7 Å². The molecule has 0 radical (unpaired) electrons. The summed E-state index contributed by atoms with van der Waals surface area (Å²) in [5.74, 6) is -0.181. The van der Waals surface area contributed by atoms with Crippen molar-refractivity contribution < 1.29 is 14.7 Å². The lowest BCUT2D eigenvalue weighted by molar-refractivity contribution is 0.0612. The van der Waals surface area contributed by atoms with Crippen molar-refractivity contribution in [2.45, 2.75) is 44.6 Å². The SMILES string of the molecule is CCCCC1(C(=O)c2ccc(Cl)c(Cl)c2)CCCN1C(=O)O. The van der Waals surface area contributed by atoms with Crippen LogP contribution in [-0.4, -0.2) is 34.0 Å². The number of halogens is 2. The van der Waals surface area contributed by atoms with Crippen molar-refractivity contribution in [2.75, 3.05) is 6.54 Å². The second-order valence-electron chi connectivity index (χ2n) is 5.63. The zero-order valence-corrected chi connectivity index (χ0v) is 14.0. The van der Waals surface area contributed by atoms with E-state index in [-0.39, 0.29) is 5.78 Å². The van der Waals surface area contributed by atoms with Gasteiger partial charge in [0.2, 0.25) is 0 Å². The number of likely N-dealkylation sites (tertiary alicyclic amines) is 1. The van der Waals surface area contributed by atoms with Crippen molar-refractivity contribution >= 4 is 35.1 Å². The summed E-state index contributed by atoms with van der Waals surface area (Å²) in [4.78, 5) is 25.9. The van der Waals surface area contributed by atoms with Gasteiger partial charge in [0.05, 0.1) is 10.0 Å². The van der Waals surface area contributed by atoms with Gasteiger partial charge in [-0.05, 0) is 37.5 Å².